The van der Waals surface area contributed by atoms with Crippen molar-refractivity contribution in [1.29, 1.82) is 10.7 Å². The highest BCUT2D eigenvalue weighted by Gasteiger charge is 2.20. The first-order valence-corrected chi connectivity index (χ1v) is 10.1. The summed E-state index contributed by atoms with van der Waals surface area (Å²) in [5.74, 6) is 0.193. The van der Waals surface area contributed by atoms with Crippen LogP contribution >= 0.6 is 0 Å². The lowest BCUT2D eigenvalue weighted by molar-refractivity contribution is 0.475. The summed E-state index contributed by atoms with van der Waals surface area (Å²) in [6.45, 7) is 7.67. The molecule has 1 heterocycles. The maximum Gasteiger partial charge on any atom is 0.207 e. The molecule has 0 amide bonds. The Balaban J connectivity index is 2.06. The van der Waals surface area contributed by atoms with Crippen LogP contribution in [-0.4, -0.2) is 21.0 Å². The zero-order chi connectivity index (χ0) is 23.0. The second-order valence-electron chi connectivity index (χ2n) is 7.71. The molecule has 0 bridgehead atoms. The Kier molecular flexibility index (Phi) is 5.25. The number of aromatic nitrogens is 2. The Hall–Kier alpha value is -4.37. The number of imidazole rings is 1. The van der Waals surface area contributed by atoms with Crippen molar-refractivity contribution in [2.45, 2.75) is 13.8 Å². The Labute approximate surface area is 186 Å². The Morgan fingerprint density at radius 3 is 2.47 bits per heavy atom. The number of hydrogen-bond acceptors (Lipinski definition) is 4. The summed E-state index contributed by atoms with van der Waals surface area (Å²) in [6.07, 6.45) is 0. The number of rotatable bonds is 4. The molecule has 1 aromatic heterocycles. The highest BCUT2D eigenvalue weighted by atomic mass is 16.3. The number of aryl methyl sites for hydroxylation is 1. The van der Waals surface area contributed by atoms with E-state index in [1.54, 1.807) is 30.3 Å². The lowest BCUT2D eigenvalue weighted by Gasteiger charge is -2.15. The molecule has 0 atom stereocenters. The first kappa shape index (κ1) is 20.9. The van der Waals surface area contributed by atoms with Gasteiger partial charge in [0.15, 0.2) is 0 Å². The zero-order valence-corrected chi connectivity index (χ0v) is 18.2. The average molecular weight is 422 g/mol. The second-order valence-corrected chi connectivity index (χ2v) is 7.71. The number of nitriles is 1. The molecule has 0 fully saturated rings. The van der Waals surface area contributed by atoms with Crippen LogP contribution in [0.4, 0.5) is 5.69 Å². The summed E-state index contributed by atoms with van der Waals surface area (Å²) in [4.78, 5) is 4.23. The maximum atomic E-state index is 9.93. The van der Waals surface area contributed by atoms with Gasteiger partial charge < -0.3 is 9.67 Å². The van der Waals surface area contributed by atoms with Gasteiger partial charge in [0.25, 0.3) is 0 Å². The number of nitrogens with one attached hydrogen (secondary N) is 1. The van der Waals surface area contributed by atoms with Gasteiger partial charge in [-0.05, 0) is 73.7 Å². The standard InChI is InChI=1S/C26H23N5O/c1-16-8-9-18(15-27)12-24(16)31-25(17(2)30(4)26(31)28)22-14-20(10-11-23(22)29-3)19-6-5-7-21(32)13-19/h5-14,28,32H,3H2,1-2,4H3. The van der Waals surface area contributed by atoms with E-state index in [4.69, 9.17) is 5.41 Å². The van der Waals surface area contributed by atoms with Crippen LogP contribution in [0.15, 0.2) is 65.7 Å². The predicted octanol–water partition coefficient (Wildman–Crippen LogP) is 5.16. The molecule has 0 radical (unpaired) electrons. The van der Waals surface area contributed by atoms with Gasteiger partial charge in [-0.1, -0.05) is 24.3 Å². The fourth-order valence-electron chi connectivity index (χ4n) is 3.93. The van der Waals surface area contributed by atoms with Crippen molar-refractivity contribution < 1.29 is 5.11 Å². The Morgan fingerprint density at radius 1 is 1.03 bits per heavy atom. The van der Waals surface area contributed by atoms with E-state index in [2.05, 4.69) is 17.8 Å². The number of nitrogens with zero attached hydrogens (tertiary/aromatic N) is 4. The number of aliphatic imine (C=N–C) groups is 1. The van der Waals surface area contributed by atoms with Gasteiger partial charge in [0, 0.05) is 18.3 Å². The van der Waals surface area contributed by atoms with Crippen molar-refractivity contribution in [2.75, 3.05) is 0 Å². The average Bonchev–Trinajstić information content (AvgIpc) is 3.02. The monoisotopic (exact) mass is 421 g/mol. The highest BCUT2D eigenvalue weighted by molar-refractivity contribution is 5.83. The zero-order valence-electron chi connectivity index (χ0n) is 18.2. The molecular formula is C26H23N5O. The normalized spacial score (nSPS) is 10.7. The maximum absolute atomic E-state index is 9.93. The summed E-state index contributed by atoms with van der Waals surface area (Å²) >= 11 is 0. The molecule has 0 aliphatic rings. The Bertz CT molecular complexity index is 1470. The largest absolute Gasteiger partial charge is 0.508 e. The summed E-state index contributed by atoms with van der Waals surface area (Å²) < 4.78 is 3.66. The third-order valence-corrected chi connectivity index (χ3v) is 5.78. The minimum absolute atomic E-state index is 0.193. The molecule has 32 heavy (non-hydrogen) atoms. The molecule has 6 nitrogen and oxygen atoms in total. The van der Waals surface area contributed by atoms with E-state index in [0.717, 1.165) is 39.3 Å². The topological polar surface area (TPSA) is 90.1 Å². The molecule has 158 valence electrons. The molecule has 0 saturated heterocycles. The van der Waals surface area contributed by atoms with Crippen molar-refractivity contribution in [2.24, 2.45) is 12.0 Å². The SMILES string of the molecule is C=Nc1ccc(-c2cccc(O)c2)cc1-c1c(C)n(C)c(=N)n1-c1cc(C#N)ccc1C. The van der Waals surface area contributed by atoms with E-state index in [-0.39, 0.29) is 11.4 Å². The molecule has 0 aliphatic heterocycles. The van der Waals surface area contributed by atoms with E-state index in [0.29, 0.717) is 11.3 Å². The highest BCUT2D eigenvalue weighted by Crippen LogP contribution is 2.37. The molecule has 6 heteroatoms. The van der Waals surface area contributed by atoms with Crippen LogP contribution in [0.5, 0.6) is 5.75 Å². The van der Waals surface area contributed by atoms with Crippen LogP contribution < -0.4 is 5.62 Å². The van der Waals surface area contributed by atoms with Gasteiger partial charge >= 0.3 is 0 Å². The third kappa shape index (κ3) is 3.40. The second kappa shape index (κ2) is 8.05. The molecule has 0 saturated carbocycles. The summed E-state index contributed by atoms with van der Waals surface area (Å²) in [5, 5.41) is 28.2. The fourth-order valence-corrected chi connectivity index (χ4v) is 3.93. The summed E-state index contributed by atoms with van der Waals surface area (Å²) in [7, 11) is 1.85. The van der Waals surface area contributed by atoms with Gasteiger partial charge in [-0.25, -0.2) is 0 Å². The van der Waals surface area contributed by atoms with Crippen molar-refractivity contribution in [3.63, 3.8) is 0 Å². The van der Waals surface area contributed by atoms with E-state index in [1.165, 1.54) is 0 Å². The van der Waals surface area contributed by atoms with Crippen molar-refractivity contribution in [1.82, 2.24) is 9.13 Å². The first-order chi connectivity index (χ1) is 15.3. The van der Waals surface area contributed by atoms with Crippen molar-refractivity contribution >= 4 is 12.4 Å². The molecule has 2 N–H and O–H groups in total. The number of phenols is 1. The molecule has 0 aliphatic carbocycles. The lowest BCUT2D eigenvalue weighted by atomic mass is 9.99. The number of aromatic hydroxyl groups is 1. The van der Waals surface area contributed by atoms with Crippen LogP contribution in [0.3, 0.4) is 0 Å². The van der Waals surface area contributed by atoms with Crippen LogP contribution in [0.25, 0.3) is 28.1 Å². The van der Waals surface area contributed by atoms with Crippen LogP contribution in [0.1, 0.15) is 16.8 Å². The van der Waals surface area contributed by atoms with Crippen LogP contribution in [0.2, 0.25) is 0 Å². The van der Waals surface area contributed by atoms with Crippen LogP contribution in [-0.2, 0) is 7.05 Å². The van der Waals surface area contributed by atoms with Crippen molar-refractivity contribution in [3.8, 4) is 39.9 Å². The number of benzene rings is 3. The smallest absolute Gasteiger partial charge is 0.207 e. The minimum Gasteiger partial charge on any atom is -0.508 e. The van der Waals surface area contributed by atoms with E-state index in [1.807, 2.05) is 60.4 Å². The van der Waals surface area contributed by atoms with E-state index in [9.17, 15) is 10.4 Å². The third-order valence-electron chi connectivity index (χ3n) is 5.78. The van der Waals surface area contributed by atoms with Gasteiger partial charge in [-0.15, -0.1) is 0 Å². The van der Waals surface area contributed by atoms with Gasteiger partial charge in [0.2, 0.25) is 5.62 Å². The quantitative estimate of drug-likeness (QED) is 0.446. The molecule has 3 aromatic carbocycles. The molecule has 0 unspecified atom stereocenters. The first-order valence-electron chi connectivity index (χ1n) is 10.1. The lowest BCUT2D eigenvalue weighted by Crippen LogP contribution is -2.22. The fraction of sp³-hybridized carbons (Fsp3) is 0.115. The van der Waals surface area contributed by atoms with E-state index >= 15 is 0 Å². The molecular weight excluding hydrogens is 398 g/mol. The number of hydrogen-bond donors (Lipinski definition) is 2. The molecule has 4 rings (SSSR count). The summed E-state index contributed by atoms with van der Waals surface area (Å²) in [6, 6.07) is 20.6. The number of phenolic OH excluding ortho intramolecular Hbond substituents is 1. The van der Waals surface area contributed by atoms with Gasteiger partial charge in [0.05, 0.1) is 28.7 Å². The van der Waals surface area contributed by atoms with Crippen molar-refractivity contribution in [3.05, 3.63) is 83.1 Å². The van der Waals surface area contributed by atoms with Gasteiger partial charge in [-0.3, -0.25) is 15.0 Å². The Morgan fingerprint density at radius 2 is 1.78 bits per heavy atom. The summed E-state index contributed by atoms with van der Waals surface area (Å²) in [5.41, 5.74) is 7.50. The minimum atomic E-state index is 0.193. The van der Waals surface area contributed by atoms with Crippen LogP contribution in [0, 0.1) is 30.6 Å². The predicted molar refractivity (Wildman–Crippen MR) is 127 cm³/mol. The van der Waals surface area contributed by atoms with E-state index < -0.39 is 0 Å². The van der Waals surface area contributed by atoms with Gasteiger partial charge in [-0.2, -0.15) is 5.26 Å². The molecule has 4 aromatic rings. The molecule has 0 spiro atoms. The van der Waals surface area contributed by atoms with Gasteiger partial charge in [0.1, 0.15) is 5.75 Å².